The van der Waals surface area contributed by atoms with Crippen LogP contribution in [0.25, 0.3) is 11.1 Å². The Morgan fingerprint density at radius 3 is 2.53 bits per heavy atom. The number of benzene rings is 1. The first-order valence-corrected chi connectivity index (χ1v) is 4.56. The zero-order valence-electron chi connectivity index (χ0n) is 8.17. The Morgan fingerprint density at radius 1 is 1.07 bits per heavy atom. The van der Waals surface area contributed by atoms with E-state index in [0.717, 1.165) is 11.6 Å². The van der Waals surface area contributed by atoms with Gasteiger partial charge in [-0.15, -0.1) is 0 Å². The van der Waals surface area contributed by atoms with Crippen molar-refractivity contribution in [2.24, 2.45) is 0 Å². The third-order valence-corrected chi connectivity index (χ3v) is 2.14. The average molecular weight is 205 g/mol. The van der Waals surface area contributed by atoms with Gasteiger partial charge in [-0.25, -0.2) is 0 Å². The van der Waals surface area contributed by atoms with Gasteiger partial charge < -0.3 is 0 Å². The SMILES string of the molecule is Cc1cccc(-c2ccc(F)nc2F)c1. The molecule has 0 saturated carbocycles. The van der Waals surface area contributed by atoms with E-state index in [0.29, 0.717) is 11.1 Å². The summed E-state index contributed by atoms with van der Waals surface area (Å²) in [5, 5.41) is 0. The van der Waals surface area contributed by atoms with E-state index in [2.05, 4.69) is 4.98 Å². The first-order valence-electron chi connectivity index (χ1n) is 4.56. The highest BCUT2D eigenvalue weighted by Gasteiger charge is 2.07. The molecule has 0 aliphatic carbocycles. The van der Waals surface area contributed by atoms with E-state index in [-0.39, 0.29) is 0 Å². The number of rotatable bonds is 1. The van der Waals surface area contributed by atoms with E-state index in [4.69, 9.17) is 0 Å². The predicted molar refractivity (Wildman–Crippen MR) is 54.3 cm³/mol. The topological polar surface area (TPSA) is 12.9 Å². The molecule has 15 heavy (non-hydrogen) atoms. The molecule has 0 atom stereocenters. The standard InChI is InChI=1S/C12H9F2N/c1-8-3-2-4-9(7-8)10-5-6-11(13)15-12(10)14/h2-7H,1H3. The summed E-state index contributed by atoms with van der Waals surface area (Å²) in [4.78, 5) is 3.15. The van der Waals surface area contributed by atoms with E-state index in [1.54, 1.807) is 6.07 Å². The van der Waals surface area contributed by atoms with Crippen molar-refractivity contribution in [3.05, 3.63) is 53.9 Å². The van der Waals surface area contributed by atoms with E-state index in [1.165, 1.54) is 6.07 Å². The molecule has 76 valence electrons. The first-order chi connectivity index (χ1) is 7.16. The fourth-order valence-electron chi connectivity index (χ4n) is 1.44. The van der Waals surface area contributed by atoms with Crippen molar-refractivity contribution < 1.29 is 8.78 Å². The van der Waals surface area contributed by atoms with Crippen LogP contribution in [0.4, 0.5) is 8.78 Å². The van der Waals surface area contributed by atoms with Gasteiger partial charge >= 0.3 is 0 Å². The number of aromatic nitrogens is 1. The minimum Gasteiger partial charge on any atom is -0.190 e. The maximum Gasteiger partial charge on any atom is 0.223 e. The maximum absolute atomic E-state index is 13.3. The fourth-order valence-corrected chi connectivity index (χ4v) is 1.44. The van der Waals surface area contributed by atoms with Crippen LogP contribution in [-0.4, -0.2) is 4.98 Å². The minimum absolute atomic E-state index is 0.320. The van der Waals surface area contributed by atoms with E-state index >= 15 is 0 Å². The van der Waals surface area contributed by atoms with Gasteiger partial charge in [0.2, 0.25) is 11.9 Å². The number of pyridine rings is 1. The van der Waals surface area contributed by atoms with Gasteiger partial charge in [-0.2, -0.15) is 13.8 Å². The lowest BCUT2D eigenvalue weighted by molar-refractivity contribution is 0.515. The molecule has 1 aromatic heterocycles. The number of nitrogens with zero attached hydrogens (tertiary/aromatic N) is 1. The maximum atomic E-state index is 13.3. The van der Waals surface area contributed by atoms with Crippen molar-refractivity contribution >= 4 is 0 Å². The van der Waals surface area contributed by atoms with Gasteiger partial charge in [0, 0.05) is 5.56 Å². The molecule has 0 amide bonds. The van der Waals surface area contributed by atoms with Crippen molar-refractivity contribution in [1.29, 1.82) is 0 Å². The Labute approximate surface area is 86.4 Å². The Bertz CT molecular complexity index is 495. The summed E-state index contributed by atoms with van der Waals surface area (Å²) < 4.78 is 25.9. The lowest BCUT2D eigenvalue weighted by Crippen LogP contribution is -1.92. The van der Waals surface area contributed by atoms with Crippen molar-refractivity contribution in [2.45, 2.75) is 6.92 Å². The average Bonchev–Trinajstić information content (AvgIpc) is 2.17. The van der Waals surface area contributed by atoms with Crippen LogP contribution in [0.15, 0.2) is 36.4 Å². The van der Waals surface area contributed by atoms with Crippen LogP contribution in [0.2, 0.25) is 0 Å². The van der Waals surface area contributed by atoms with Gasteiger partial charge in [-0.05, 0) is 24.6 Å². The van der Waals surface area contributed by atoms with Crippen LogP contribution in [0, 0.1) is 18.8 Å². The largest absolute Gasteiger partial charge is 0.223 e. The van der Waals surface area contributed by atoms with Gasteiger partial charge in [0.25, 0.3) is 0 Å². The quantitative estimate of drug-likeness (QED) is 0.650. The summed E-state index contributed by atoms with van der Waals surface area (Å²) in [5.74, 6) is -1.58. The molecule has 1 aromatic carbocycles. The van der Waals surface area contributed by atoms with Crippen molar-refractivity contribution in [3.8, 4) is 11.1 Å². The van der Waals surface area contributed by atoms with Crippen LogP contribution in [0.3, 0.4) is 0 Å². The second-order valence-corrected chi connectivity index (χ2v) is 3.34. The zero-order chi connectivity index (χ0) is 10.8. The number of hydrogen-bond acceptors (Lipinski definition) is 1. The highest BCUT2D eigenvalue weighted by molar-refractivity contribution is 5.63. The van der Waals surface area contributed by atoms with Crippen LogP contribution < -0.4 is 0 Å². The van der Waals surface area contributed by atoms with Gasteiger partial charge in [0.15, 0.2) is 0 Å². The summed E-state index contributed by atoms with van der Waals surface area (Å²) in [6, 6.07) is 9.89. The second kappa shape index (κ2) is 3.77. The summed E-state index contributed by atoms with van der Waals surface area (Å²) >= 11 is 0. The lowest BCUT2D eigenvalue weighted by atomic mass is 10.1. The van der Waals surface area contributed by atoms with Crippen molar-refractivity contribution in [1.82, 2.24) is 4.98 Å². The molecule has 1 heterocycles. The molecular weight excluding hydrogens is 196 g/mol. The van der Waals surface area contributed by atoms with Crippen LogP contribution in [0.5, 0.6) is 0 Å². The Balaban J connectivity index is 2.54. The van der Waals surface area contributed by atoms with E-state index in [9.17, 15) is 8.78 Å². The highest BCUT2D eigenvalue weighted by atomic mass is 19.1. The fraction of sp³-hybridized carbons (Fsp3) is 0.0833. The Morgan fingerprint density at radius 2 is 1.87 bits per heavy atom. The second-order valence-electron chi connectivity index (χ2n) is 3.34. The first kappa shape index (κ1) is 9.77. The molecule has 0 spiro atoms. The number of halogens is 2. The molecule has 0 unspecified atom stereocenters. The molecule has 3 heteroatoms. The molecule has 0 radical (unpaired) electrons. The normalized spacial score (nSPS) is 10.3. The molecule has 0 fully saturated rings. The van der Waals surface area contributed by atoms with Gasteiger partial charge in [-0.3, -0.25) is 0 Å². The van der Waals surface area contributed by atoms with Crippen LogP contribution in [-0.2, 0) is 0 Å². The summed E-state index contributed by atoms with van der Waals surface area (Å²) in [6.45, 7) is 1.92. The molecule has 0 aliphatic rings. The third kappa shape index (κ3) is 2.01. The zero-order valence-corrected chi connectivity index (χ0v) is 8.17. The van der Waals surface area contributed by atoms with E-state index in [1.807, 2.05) is 25.1 Å². The molecule has 0 saturated heterocycles. The van der Waals surface area contributed by atoms with Crippen LogP contribution in [0.1, 0.15) is 5.56 Å². The molecule has 1 nitrogen and oxygen atoms in total. The van der Waals surface area contributed by atoms with E-state index < -0.39 is 11.9 Å². The summed E-state index contributed by atoms with van der Waals surface area (Å²) in [6.07, 6.45) is 0. The molecule has 2 rings (SSSR count). The molecule has 0 bridgehead atoms. The Hall–Kier alpha value is -1.77. The summed E-state index contributed by atoms with van der Waals surface area (Å²) in [5.41, 5.74) is 2.05. The minimum atomic E-state index is -0.802. The van der Waals surface area contributed by atoms with Gasteiger partial charge in [0.05, 0.1) is 0 Å². The third-order valence-electron chi connectivity index (χ3n) is 2.14. The highest BCUT2D eigenvalue weighted by Crippen LogP contribution is 2.22. The Kier molecular flexibility index (Phi) is 2.46. The molecular formula is C12H9F2N. The molecule has 2 aromatic rings. The monoisotopic (exact) mass is 205 g/mol. The predicted octanol–water partition coefficient (Wildman–Crippen LogP) is 3.34. The number of hydrogen-bond donors (Lipinski definition) is 0. The van der Waals surface area contributed by atoms with Crippen molar-refractivity contribution in [2.75, 3.05) is 0 Å². The lowest BCUT2D eigenvalue weighted by Gasteiger charge is -2.03. The number of aryl methyl sites for hydroxylation is 1. The summed E-state index contributed by atoms with van der Waals surface area (Å²) in [7, 11) is 0. The smallest absolute Gasteiger partial charge is 0.190 e. The van der Waals surface area contributed by atoms with Crippen LogP contribution >= 0.6 is 0 Å². The molecule has 0 N–H and O–H groups in total. The van der Waals surface area contributed by atoms with Crippen molar-refractivity contribution in [3.63, 3.8) is 0 Å². The van der Waals surface area contributed by atoms with Gasteiger partial charge in [-0.1, -0.05) is 29.8 Å². The van der Waals surface area contributed by atoms with Gasteiger partial charge in [0.1, 0.15) is 0 Å². The molecule has 0 aliphatic heterocycles.